The first-order valence-electron chi connectivity index (χ1n) is 15.0. The van der Waals surface area contributed by atoms with Crippen LogP contribution in [0.3, 0.4) is 0 Å². The van der Waals surface area contributed by atoms with E-state index in [1.807, 2.05) is 4.90 Å². The highest BCUT2D eigenvalue weighted by atomic mass is 79.9. The Balaban J connectivity index is 1.03. The van der Waals surface area contributed by atoms with Crippen molar-refractivity contribution in [3.05, 3.63) is 106 Å². The van der Waals surface area contributed by atoms with Gasteiger partial charge in [-0.2, -0.15) is 0 Å². The molecule has 3 aromatic carbocycles. The number of hydrogen-bond donors (Lipinski definition) is 0. The number of carbonyl (C=O) groups excluding carboxylic acids is 2. The summed E-state index contributed by atoms with van der Waals surface area (Å²) in [4.78, 5) is 32.5. The van der Waals surface area contributed by atoms with Gasteiger partial charge in [-0.3, -0.25) is 9.59 Å². The lowest BCUT2D eigenvalue weighted by Gasteiger charge is -2.39. The van der Waals surface area contributed by atoms with Crippen LogP contribution in [0.15, 0.2) is 83.3 Å². The van der Waals surface area contributed by atoms with Gasteiger partial charge >= 0.3 is 0 Å². The minimum atomic E-state index is -0.196. The smallest absolute Gasteiger partial charge is 0.229 e. The lowest BCUT2D eigenvalue weighted by molar-refractivity contribution is -0.139. The predicted molar refractivity (Wildman–Crippen MR) is 166 cm³/mol. The molecule has 0 saturated carbocycles. The quantitative estimate of drug-likeness (QED) is 0.323. The molecule has 3 heterocycles. The molecule has 0 aromatic heterocycles. The highest BCUT2D eigenvalue weighted by Crippen LogP contribution is 2.43. The summed E-state index contributed by atoms with van der Waals surface area (Å²) in [5.41, 5.74) is 4.92. The van der Waals surface area contributed by atoms with Gasteiger partial charge in [0.15, 0.2) is 0 Å². The first-order valence-corrected chi connectivity index (χ1v) is 15.8. The number of nitrogens with zero attached hydrogens (tertiary/aromatic N) is 3. The number of likely N-dealkylation sites (tertiary alicyclic amines) is 3. The lowest BCUT2D eigenvalue weighted by Crippen LogP contribution is -2.46. The third kappa shape index (κ3) is 6.29. The Hall–Kier alpha value is -2.96. The van der Waals surface area contributed by atoms with Crippen molar-refractivity contribution in [2.45, 2.75) is 45.1 Å². The van der Waals surface area contributed by atoms with Crippen molar-refractivity contribution in [1.82, 2.24) is 14.7 Å². The van der Waals surface area contributed by atoms with E-state index in [1.165, 1.54) is 22.3 Å². The highest BCUT2D eigenvalue weighted by Gasteiger charge is 2.48. The molecule has 6 heteroatoms. The van der Waals surface area contributed by atoms with E-state index < -0.39 is 0 Å². The van der Waals surface area contributed by atoms with Crippen LogP contribution in [-0.4, -0.2) is 65.8 Å². The van der Waals surface area contributed by atoms with E-state index in [0.29, 0.717) is 24.3 Å². The lowest BCUT2D eigenvalue weighted by atomic mass is 9.76. The van der Waals surface area contributed by atoms with Crippen molar-refractivity contribution in [3.8, 4) is 0 Å². The SMILES string of the molecule is CC(=O)N1C[C@H](CN2CCC3(CC2)CCN(Cc2ccc(Cc4ccc(Br)cc4)cc2)C3=O)[C@@H](c2ccccc2)C1. The standard InChI is InChI=1S/C35H40BrN3O2/c1-26(40)39-24-31(33(25-39)30-5-3-2-4-6-30)23-37-18-15-35(16-19-37)17-20-38(34(35)41)22-29-9-7-27(8-10-29)21-28-11-13-32(36)14-12-28/h2-14,31,33H,15-25H2,1H3/t31-,33+/m0/s1. The number of benzene rings is 3. The molecule has 0 bridgehead atoms. The van der Waals surface area contributed by atoms with Crippen LogP contribution < -0.4 is 0 Å². The molecule has 41 heavy (non-hydrogen) atoms. The van der Waals surface area contributed by atoms with Crippen molar-refractivity contribution in [1.29, 1.82) is 0 Å². The minimum absolute atomic E-state index is 0.168. The molecule has 3 aromatic rings. The normalized spacial score (nSPS) is 22.5. The van der Waals surface area contributed by atoms with Gasteiger partial charge in [0.1, 0.15) is 0 Å². The number of carbonyl (C=O) groups is 2. The maximum absolute atomic E-state index is 13.7. The van der Waals surface area contributed by atoms with Gasteiger partial charge < -0.3 is 14.7 Å². The molecule has 0 aliphatic carbocycles. The van der Waals surface area contributed by atoms with Crippen LogP contribution in [-0.2, 0) is 22.6 Å². The topological polar surface area (TPSA) is 43.9 Å². The van der Waals surface area contributed by atoms with Gasteiger partial charge in [-0.25, -0.2) is 0 Å². The molecular weight excluding hydrogens is 574 g/mol. The van der Waals surface area contributed by atoms with Crippen molar-refractivity contribution < 1.29 is 9.59 Å². The van der Waals surface area contributed by atoms with Crippen LogP contribution >= 0.6 is 15.9 Å². The van der Waals surface area contributed by atoms with Crippen LogP contribution in [0.4, 0.5) is 0 Å². The molecule has 3 saturated heterocycles. The zero-order valence-corrected chi connectivity index (χ0v) is 25.6. The summed E-state index contributed by atoms with van der Waals surface area (Å²) in [5, 5.41) is 0. The molecule has 6 rings (SSSR count). The average Bonchev–Trinajstić information content (AvgIpc) is 3.54. The highest BCUT2D eigenvalue weighted by molar-refractivity contribution is 9.10. The fourth-order valence-corrected chi connectivity index (χ4v) is 7.48. The van der Waals surface area contributed by atoms with Crippen molar-refractivity contribution in [2.24, 2.45) is 11.3 Å². The second kappa shape index (κ2) is 12.1. The zero-order chi connectivity index (χ0) is 28.4. The summed E-state index contributed by atoms with van der Waals surface area (Å²) in [6.07, 6.45) is 3.76. The third-order valence-electron chi connectivity index (χ3n) is 9.74. The van der Waals surface area contributed by atoms with Crippen molar-refractivity contribution in [3.63, 3.8) is 0 Å². The largest absolute Gasteiger partial charge is 0.342 e. The zero-order valence-electron chi connectivity index (χ0n) is 24.0. The van der Waals surface area contributed by atoms with E-state index in [4.69, 9.17) is 0 Å². The summed E-state index contributed by atoms with van der Waals surface area (Å²) < 4.78 is 1.10. The van der Waals surface area contributed by atoms with E-state index in [-0.39, 0.29) is 11.3 Å². The summed E-state index contributed by atoms with van der Waals surface area (Å²) >= 11 is 3.50. The van der Waals surface area contributed by atoms with Crippen LogP contribution in [0.2, 0.25) is 0 Å². The Morgan fingerprint density at radius 1 is 0.829 bits per heavy atom. The van der Waals surface area contributed by atoms with Gasteiger partial charge in [0.2, 0.25) is 11.8 Å². The van der Waals surface area contributed by atoms with Gasteiger partial charge in [-0.1, -0.05) is 82.7 Å². The van der Waals surface area contributed by atoms with Crippen molar-refractivity contribution in [2.75, 3.05) is 39.3 Å². The monoisotopic (exact) mass is 613 g/mol. The maximum atomic E-state index is 13.7. The molecule has 5 nitrogen and oxygen atoms in total. The number of rotatable bonds is 7. The van der Waals surface area contributed by atoms with Crippen LogP contribution in [0.5, 0.6) is 0 Å². The van der Waals surface area contributed by atoms with Gasteiger partial charge in [0, 0.05) is 50.0 Å². The molecule has 0 unspecified atom stereocenters. The number of halogens is 1. The van der Waals surface area contributed by atoms with Gasteiger partial charge in [-0.15, -0.1) is 0 Å². The second-order valence-electron chi connectivity index (χ2n) is 12.4. The fourth-order valence-electron chi connectivity index (χ4n) is 7.21. The van der Waals surface area contributed by atoms with Crippen molar-refractivity contribution >= 4 is 27.7 Å². The molecule has 3 aliphatic rings. The first kappa shape index (κ1) is 28.2. The molecule has 0 N–H and O–H groups in total. The molecule has 0 radical (unpaired) electrons. The Kier molecular flexibility index (Phi) is 8.32. The van der Waals surface area contributed by atoms with E-state index in [1.54, 1.807) is 6.92 Å². The van der Waals surface area contributed by atoms with Gasteiger partial charge in [0.25, 0.3) is 0 Å². The van der Waals surface area contributed by atoms with Crippen LogP contribution in [0.1, 0.15) is 54.4 Å². The van der Waals surface area contributed by atoms with Crippen LogP contribution in [0, 0.1) is 11.3 Å². The summed E-state index contributed by atoms with van der Waals surface area (Å²) in [6.45, 7) is 7.78. The van der Waals surface area contributed by atoms with Gasteiger partial charge in [0.05, 0.1) is 5.41 Å². The molecule has 2 amide bonds. The second-order valence-corrected chi connectivity index (χ2v) is 13.3. The summed E-state index contributed by atoms with van der Waals surface area (Å²) in [5.74, 6) is 1.32. The third-order valence-corrected chi connectivity index (χ3v) is 10.3. The molecule has 3 aliphatic heterocycles. The molecule has 3 fully saturated rings. The Morgan fingerprint density at radius 3 is 2.10 bits per heavy atom. The van der Waals surface area contributed by atoms with Gasteiger partial charge in [-0.05, 0) is 79.1 Å². The van der Waals surface area contributed by atoms with E-state index >= 15 is 0 Å². The first-order chi connectivity index (χ1) is 19.9. The van der Waals surface area contributed by atoms with E-state index in [0.717, 1.165) is 69.4 Å². The molecular formula is C35H40BrN3O2. The fraction of sp³-hybridized carbons (Fsp3) is 0.429. The number of amides is 2. The van der Waals surface area contributed by atoms with Crippen LogP contribution in [0.25, 0.3) is 0 Å². The summed E-state index contributed by atoms with van der Waals surface area (Å²) in [6, 6.07) is 27.9. The average molecular weight is 615 g/mol. The molecule has 2 atom stereocenters. The Morgan fingerprint density at radius 2 is 1.44 bits per heavy atom. The number of piperidine rings is 1. The molecule has 1 spiro atoms. The Bertz CT molecular complexity index is 1350. The molecule has 214 valence electrons. The Labute approximate surface area is 252 Å². The summed E-state index contributed by atoms with van der Waals surface area (Å²) in [7, 11) is 0. The maximum Gasteiger partial charge on any atom is 0.229 e. The number of hydrogen-bond acceptors (Lipinski definition) is 3. The van der Waals surface area contributed by atoms with E-state index in [2.05, 4.69) is 105 Å². The minimum Gasteiger partial charge on any atom is -0.342 e. The predicted octanol–water partition coefficient (Wildman–Crippen LogP) is 6.12. The van der Waals surface area contributed by atoms with E-state index in [9.17, 15) is 9.59 Å².